The molecule has 0 radical (unpaired) electrons. The number of carbonyl (C=O) groups is 3. The van der Waals surface area contributed by atoms with Gasteiger partial charge in [-0.05, 0) is 51.0 Å². The van der Waals surface area contributed by atoms with E-state index < -0.39 is 12.1 Å². The highest BCUT2D eigenvalue weighted by molar-refractivity contribution is 5.94. The SMILES string of the molecule is CCOC(=O)C1CCN(C(=O)C(C)OC(=O)c2cccnc2Oc2cccnc2)CC1. The molecule has 1 aliphatic rings. The van der Waals surface area contributed by atoms with Gasteiger partial charge in [0.05, 0.1) is 18.7 Å². The number of pyridine rings is 2. The molecule has 1 amide bonds. The fourth-order valence-electron chi connectivity index (χ4n) is 3.27. The quantitative estimate of drug-likeness (QED) is 0.621. The normalized spacial score (nSPS) is 15.1. The third kappa shape index (κ3) is 5.78. The number of nitrogens with zero attached hydrogens (tertiary/aromatic N) is 3. The third-order valence-electron chi connectivity index (χ3n) is 4.90. The van der Waals surface area contributed by atoms with E-state index in [-0.39, 0.29) is 29.2 Å². The zero-order valence-corrected chi connectivity index (χ0v) is 17.5. The van der Waals surface area contributed by atoms with Crippen LogP contribution in [0.1, 0.15) is 37.0 Å². The number of amides is 1. The van der Waals surface area contributed by atoms with E-state index in [9.17, 15) is 14.4 Å². The Morgan fingerprint density at radius 2 is 1.90 bits per heavy atom. The van der Waals surface area contributed by atoms with Crippen LogP contribution in [0.15, 0.2) is 42.9 Å². The van der Waals surface area contributed by atoms with Crippen molar-refractivity contribution in [3.8, 4) is 11.6 Å². The summed E-state index contributed by atoms with van der Waals surface area (Å²) in [5.74, 6) is -0.973. The lowest BCUT2D eigenvalue weighted by molar-refractivity contribution is -0.152. The molecule has 0 aromatic carbocycles. The molecule has 0 bridgehead atoms. The first-order chi connectivity index (χ1) is 15.0. The molecule has 1 aliphatic heterocycles. The number of aromatic nitrogens is 2. The van der Waals surface area contributed by atoms with Crippen LogP contribution in [0.5, 0.6) is 11.6 Å². The Morgan fingerprint density at radius 1 is 1.16 bits per heavy atom. The van der Waals surface area contributed by atoms with E-state index in [2.05, 4.69) is 9.97 Å². The van der Waals surface area contributed by atoms with Crippen LogP contribution in [0, 0.1) is 5.92 Å². The van der Waals surface area contributed by atoms with Gasteiger partial charge in [0.1, 0.15) is 11.3 Å². The maximum atomic E-state index is 12.7. The maximum absolute atomic E-state index is 12.7. The largest absolute Gasteiger partial charge is 0.466 e. The average molecular weight is 427 g/mol. The lowest BCUT2D eigenvalue weighted by Gasteiger charge is -2.32. The van der Waals surface area contributed by atoms with Crippen molar-refractivity contribution < 1.29 is 28.6 Å². The zero-order valence-electron chi connectivity index (χ0n) is 17.5. The van der Waals surface area contributed by atoms with E-state index in [0.29, 0.717) is 38.3 Å². The fourth-order valence-corrected chi connectivity index (χ4v) is 3.27. The lowest BCUT2D eigenvalue weighted by atomic mass is 9.97. The monoisotopic (exact) mass is 427 g/mol. The molecule has 1 atom stereocenters. The molecule has 164 valence electrons. The van der Waals surface area contributed by atoms with Gasteiger partial charge in [0.15, 0.2) is 6.10 Å². The van der Waals surface area contributed by atoms with E-state index in [1.165, 1.54) is 25.4 Å². The van der Waals surface area contributed by atoms with Crippen molar-refractivity contribution in [3.05, 3.63) is 48.4 Å². The first-order valence-corrected chi connectivity index (χ1v) is 10.2. The standard InChI is InChI=1S/C22H25N3O6/c1-3-29-21(27)16-8-12-25(13-9-16)20(26)15(2)30-22(28)18-7-5-11-24-19(18)31-17-6-4-10-23-14-17/h4-7,10-11,14-16H,3,8-9,12-13H2,1-2H3. The lowest BCUT2D eigenvalue weighted by Crippen LogP contribution is -2.45. The Morgan fingerprint density at radius 3 is 2.58 bits per heavy atom. The highest BCUT2D eigenvalue weighted by Crippen LogP contribution is 2.24. The molecule has 0 aliphatic carbocycles. The minimum Gasteiger partial charge on any atom is -0.466 e. The second kappa shape index (κ2) is 10.5. The molecule has 1 fully saturated rings. The van der Waals surface area contributed by atoms with Crippen LogP contribution in [0.25, 0.3) is 0 Å². The molecule has 31 heavy (non-hydrogen) atoms. The van der Waals surface area contributed by atoms with Crippen LogP contribution >= 0.6 is 0 Å². The molecular weight excluding hydrogens is 402 g/mol. The number of carbonyl (C=O) groups excluding carboxylic acids is 3. The van der Waals surface area contributed by atoms with E-state index >= 15 is 0 Å². The molecule has 3 heterocycles. The van der Waals surface area contributed by atoms with Gasteiger partial charge in [-0.15, -0.1) is 0 Å². The molecule has 0 N–H and O–H groups in total. The summed E-state index contributed by atoms with van der Waals surface area (Å²) in [5.41, 5.74) is 0.104. The van der Waals surface area contributed by atoms with Crippen molar-refractivity contribution in [2.75, 3.05) is 19.7 Å². The molecule has 1 unspecified atom stereocenters. The number of hydrogen-bond donors (Lipinski definition) is 0. The van der Waals surface area contributed by atoms with Gasteiger partial charge in [-0.25, -0.2) is 9.78 Å². The van der Waals surface area contributed by atoms with E-state index in [4.69, 9.17) is 14.2 Å². The van der Waals surface area contributed by atoms with Crippen LogP contribution in [0.3, 0.4) is 0 Å². The third-order valence-corrected chi connectivity index (χ3v) is 4.90. The Balaban J connectivity index is 1.58. The smallest absolute Gasteiger partial charge is 0.344 e. The van der Waals surface area contributed by atoms with Gasteiger partial charge < -0.3 is 19.1 Å². The summed E-state index contributed by atoms with van der Waals surface area (Å²) in [7, 11) is 0. The Hall–Kier alpha value is -3.49. The summed E-state index contributed by atoms with van der Waals surface area (Å²) in [6.07, 6.45) is 4.65. The summed E-state index contributed by atoms with van der Waals surface area (Å²) in [4.78, 5) is 46.9. The Bertz CT molecular complexity index is 912. The van der Waals surface area contributed by atoms with Crippen molar-refractivity contribution in [2.24, 2.45) is 5.92 Å². The van der Waals surface area contributed by atoms with Crippen LogP contribution in [0.4, 0.5) is 0 Å². The van der Waals surface area contributed by atoms with Crippen molar-refractivity contribution in [2.45, 2.75) is 32.8 Å². The second-order valence-electron chi connectivity index (χ2n) is 7.05. The molecule has 0 spiro atoms. The van der Waals surface area contributed by atoms with Crippen LogP contribution < -0.4 is 4.74 Å². The number of likely N-dealkylation sites (tertiary alicyclic amines) is 1. The van der Waals surface area contributed by atoms with Crippen LogP contribution in [-0.4, -0.2) is 58.5 Å². The van der Waals surface area contributed by atoms with Gasteiger partial charge in [-0.1, -0.05) is 0 Å². The molecule has 9 nitrogen and oxygen atoms in total. The number of piperidine rings is 1. The van der Waals surface area contributed by atoms with Crippen molar-refractivity contribution in [3.63, 3.8) is 0 Å². The Kier molecular flexibility index (Phi) is 7.53. The molecule has 0 saturated carbocycles. The Labute approximate surface area is 180 Å². The molecule has 2 aromatic rings. The number of esters is 2. The first kappa shape index (κ1) is 22.2. The summed E-state index contributed by atoms with van der Waals surface area (Å²) in [5, 5.41) is 0. The van der Waals surface area contributed by atoms with E-state index in [1.807, 2.05) is 0 Å². The topological polar surface area (TPSA) is 108 Å². The minimum atomic E-state index is -0.988. The van der Waals surface area contributed by atoms with Crippen molar-refractivity contribution >= 4 is 17.8 Å². The number of ether oxygens (including phenoxy) is 3. The predicted octanol–water partition coefficient (Wildman–Crippen LogP) is 2.62. The fraction of sp³-hybridized carbons (Fsp3) is 0.409. The minimum absolute atomic E-state index is 0.0652. The average Bonchev–Trinajstić information content (AvgIpc) is 2.80. The molecule has 1 saturated heterocycles. The molecule has 3 rings (SSSR count). The van der Waals surface area contributed by atoms with Crippen molar-refractivity contribution in [1.82, 2.24) is 14.9 Å². The first-order valence-electron chi connectivity index (χ1n) is 10.2. The summed E-state index contributed by atoms with van der Waals surface area (Å²) in [6, 6.07) is 6.48. The van der Waals surface area contributed by atoms with Gasteiger partial charge in [-0.3, -0.25) is 14.6 Å². The van der Waals surface area contributed by atoms with E-state index in [0.717, 1.165) is 0 Å². The van der Waals surface area contributed by atoms with Gasteiger partial charge in [0.2, 0.25) is 5.88 Å². The number of hydrogen-bond acceptors (Lipinski definition) is 8. The zero-order chi connectivity index (χ0) is 22.2. The summed E-state index contributed by atoms with van der Waals surface area (Å²) >= 11 is 0. The van der Waals surface area contributed by atoms with Gasteiger partial charge in [0.25, 0.3) is 5.91 Å². The number of rotatable bonds is 7. The van der Waals surface area contributed by atoms with Gasteiger partial charge in [0, 0.05) is 25.5 Å². The maximum Gasteiger partial charge on any atom is 0.344 e. The van der Waals surface area contributed by atoms with Gasteiger partial charge >= 0.3 is 11.9 Å². The van der Waals surface area contributed by atoms with Crippen molar-refractivity contribution in [1.29, 1.82) is 0 Å². The highest BCUT2D eigenvalue weighted by Gasteiger charge is 2.31. The predicted molar refractivity (Wildman–Crippen MR) is 109 cm³/mol. The second-order valence-corrected chi connectivity index (χ2v) is 7.05. The molecular formula is C22H25N3O6. The van der Waals surface area contributed by atoms with Crippen LogP contribution in [0.2, 0.25) is 0 Å². The molecule has 9 heteroatoms. The summed E-state index contributed by atoms with van der Waals surface area (Å²) < 4.78 is 16.1. The van der Waals surface area contributed by atoms with Crippen LogP contribution in [-0.2, 0) is 19.1 Å². The molecule has 2 aromatic heterocycles. The summed E-state index contributed by atoms with van der Waals surface area (Å²) in [6.45, 7) is 4.45. The highest BCUT2D eigenvalue weighted by atomic mass is 16.6. The van der Waals surface area contributed by atoms with Gasteiger partial charge in [-0.2, -0.15) is 0 Å². The van der Waals surface area contributed by atoms with E-state index in [1.54, 1.807) is 36.2 Å².